The third-order valence-electron chi connectivity index (χ3n) is 6.61. The molecule has 0 aliphatic heterocycles. The molecule has 0 heterocycles. The van der Waals surface area contributed by atoms with Gasteiger partial charge >= 0.3 is 6.09 Å². The van der Waals surface area contributed by atoms with Crippen LogP contribution in [-0.2, 0) is 20.7 Å². The summed E-state index contributed by atoms with van der Waals surface area (Å²) in [7, 11) is 0. The van der Waals surface area contributed by atoms with E-state index >= 15 is 0 Å². The van der Waals surface area contributed by atoms with Crippen LogP contribution < -0.4 is 15.5 Å². The molecule has 212 valence electrons. The Morgan fingerprint density at radius 3 is 2.10 bits per heavy atom. The summed E-state index contributed by atoms with van der Waals surface area (Å²) in [5.74, 6) is -0.758. The number of ether oxygens (including phenoxy) is 1. The molecule has 7 nitrogen and oxygen atoms in total. The van der Waals surface area contributed by atoms with Gasteiger partial charge in [-0.05, 0) is 89.3 Å². The maximum Gasteiger partial charge on any atom is 0.408 e. The molecule has 0 aliphatic carbocycles. The van der Waals surface area contributed by atoms with Crippen molar-refractivity contribution in [1.82, 2.24) is 10.6 Å². The number of alkyl carbamates (subject to hydrolysis) is 1. The van der Waals surface area contributed by atoms with Gasteiger partial charge in [0.2, 0.25) is 5.91 Å². The summed E-state index contributed by atoms with van der Waals surface area (Å²) in [6.07, 6.45) is -0.0575. The Balaban J connectivity index is 1.91. The number of amides is 3. The average molecular weight is 544 g/mol. The van der Waals surface area contributed by atoms with E-state index in [1.54, 1.807) is 32.6 Å². The summed E-state index contributed by atoms with van der Waals surface area (Å²) in [6, 6.07) is 21.5. The highest BCUT2D eigenvalue weighted by molar-refractivity contribution is 6.00. The van der Waals surface area contributed by atoms with E-state index in [9.17, 15) is 14.4 Å². The number of aryl methyl sites for hydroxylation is 3. The molecule has 0 aliphatic rings. The van der Waals surface area contributed by atoms with E-state index in [1.807, 2.05) is 69.3 Å². The highest BCUT2D eigenvalue weighted by Gasteiger charge is 2.31. The fourth-order valence-corrected chi connectivity index (χ4v) is 4.16. The Bertz CT molecular complexity index is 1310. The van der Waals surface area contributed by atoms with Gasteiger partial charge in [-0.25, -0.2) is 4.79 Å². The number of hydrogen-bond acceptors (Lipinski definition) is 4. The second kappa shape index (κ2) is 13.3. The standard InChI is InChI=1S/C33H41N3O4/c1-22-13-16-26(17-14-22)19-20-36(28-18-15-23(2)24(3)21-28)31(38)29(27-11-9-8-10-12-27)35-30(37)25(4)34-32(39)40-33(5,6)7/h8-18,21,25,29H,19-20H2,1-7H3,(H,34,39)(H,35,37)/t25-,29?/m0/s1. The molecule has 0 saturated heterocycles. The molecule has 0 fully saturated rings. The quantitative estimate of drug-likeness (QED) is 0.349. The van der Waals surface area contributed by atoms with E-state index in [4.69, 9.17) is 4.74 Å². The molecular weight excluding hydrogens is 502 g/mol. The van der Waals surface area contributed by atoms with Crippen molar-refractivity contribution in [2.75, 3.05) is 11.4 Å². The van der Waals surface area contributed by atoms with Crippen LogP contribution in [0.5, 0.6) is 0 Å². The van der Waals surface area contributed by atoms with Gasteiger partial charge in [-0.2, -0.15) is 0 Å². The van der Waals surface area contributed by atoms with Gasteiger partial charge in [0.1, 0.15) is 17.7 Å². The molecule has 3 aromatic rings. The third-order valence-corrected chi connectivity index (χ3v) is 6.61. The van der Waals surface area contributed by atoms with Crippen LogP contribution in [0.2, 0.25) is 0 Å². The predicted octanol–water partition coefficient (Wildman–Crippen LogP) is 5.96. The highest BCUT2D eigenvalue weighted by Crippen LogP contribution is 2.25. The number of anilines is 1. The minimum absolute atomic E-state index is 0.264. The lowest BCUT2D eigenvalue weighted by Crippen LogP contribution is -2.50. The van der Waals surface area contributed by atoms with Gasteiger partial charge in [0.25, 0.3) is 5.91 Å². The van der Waals surface area contributed by atoms with Crippen molar-refractivity contribution in [3.05, 3.63) is 101 Å². The molecule has 2 N–H and O–H groups in total. The minimum Gasteiger partial charge on any atom is -0.444 e. The topological polar surface area (TPSA) is 87.7 Å². The molecule has 40 heavy (non-hydrogen) atoms. The van der Waals surface area contributed by atoms with E-state index in [0.717, 1.165) is 22.4 Å². The van der Waals surface area contributed by atoms with Crippen molar-refractivity contribution in [3.8, 4) is 0 Å². The van der Waals surface area contributed by atoms with E-state index in [-0.39, 0.29) is 5.91 Å². The molecule has 2 atom stereocenters. The Morgan fingerprint density at radius 1 is 0.850 bits per heavy atom. The second-order valence-corrected chi connectivity index (χ2v) is 11.2. The van der Waals surface area contributed by atoms with Crippen LogP contribution in [-0.4, -0.2) is 36.1 Å². The second-order valence-electron chi connectivity index (χ2n) is 11.2. The average Bonchev–Trinajstić information content (AvgIpc) is 2.89. The van der Waals surface area contributed by atoms with E-state index in [2.05, 4.69) is 34.9 Å². The first-order valence-corrected chi connectivity index (χ1v) is 13.6. The summed E-state index contributed by atoms with van der Waals surface area (Å²) >= 11 is 0. The first-order valence-electron chi connectivity index (χ1n) is 13.6. The maximum absolute atomic E-state index is 14.3. The number of benzene rings is 3. The molecule has 3 rings (SSSR count). The van der Waals surface area contributed by atoms with Gasteiger partial charge in [0.05, 0.1) is 0 Å². The Kier molecular flexibility index (Phi) is 10.1. The lowest BCUT2D eigenvalue weighted by atomic mass is 10.0. The van der Waals surface area contributed by atoms with Crippen molar-refractivity contribution in [3.63, 3.8) is 0 Å². The van der Waals surface area contributed by atoms with Crippen molar-refractivity contribution < 1.29 is 19.1 Å². The molecule has 1 unspecified atom stereocenters. The van der Waals surface area contributed by atoms with Crippen molar-refractivity contribution in [1.29, 1.82) is 0 Å². The number of carbonyl (C=O) groups is 3. The molecule has 0 aromatic heterocycles. The fourth-order valence-electron chi connectivity index (χ4n) is 4.16. The van der Waals surface area contributed by atoms with Crippen molar-refractivity contribution in [2.45, 2.75) is 72.6 Å². The molecule has 3 aromatic carbocycles. The minimum atomic E-state index is -0.962. The smallest absolute Gasteiger partial charge is 0.408 e. The zero-order chi connectivity index (χ0) is 29.4. The molecular formula is C33H41N3O4. The van der Waals surface area contributed by atoms with Gasteiger partial charge in [-0.15, -0.1) is 0 Å². The van der Waals surface area contributed by atoms with E-state index in [0.29, 0.717) is 18.5 Å². The van der Waals surface area contributed by atoms with Crippen LogP contribution in [0.25, 0.3) is 0 Å². The van der Waals surface area contributed by atoms with Crippen LogP contribution in [0.3, 0.4) is 0 Å². The molecule has 7 heteroatoms. The normalized spacial score (nSPS) is 12.7. The molecule has 0 saturated carbocycles. The Morgan fingerprint density at radius 2 is 1.50 bits per heavy atom. The number of nitrogens with one attached hydrogen (secondary N) is 2. The maximum atomic E-state index is 14.3. The van der Waals surface area contributed by atoms with Gasteiger partial charge in [0, 0.05) is 12.2 Å². The SMILES string of the molecule is Cc1ccc(CCN(C(=O)C(NC(=O)[C@H](C)NC(=O)OC(C)(C)C)c2ccccc2)c2ccc(C)c(C)c2)cc1. The van der Waals surface area contributed by atoms with Gasteiger partial charge in [-0.3, -0.25) is 9.59 Å². The van der Waals surface area contributed by atoms with Crippen LogP contribution in [0.4, 0.5) is 10.5 Å². The van der Waals surface area contributed by atoms with Crippen LogP contribution in [0.15, 0.2) is 72.8 Å². The van der Waals surface area contributed by atoms with Crippen LogP contribution in [0, 0.1) is 20.8 Å². The van der Waals surface area contributed by atoms with Crippen molar-refractivity contribution in [2.24, 2.45) is 0 Å². The molecule has 0 bridgehead atoms. The van der Waals surface area contributed by atoms with Gasteiger partial charge < -0.3 is 20.3 Å². The highest BCUT2D eigenvalue weighted by atomic mass is 16.6. The third kappa shape index (κ3) is 8.70. The van der Waals surface area contributed by atoms with E-state index in [1.165, 1.54) is 5.56 Å². The lowest BCUT2D eigenvalue weighted by Gasteiger charge is -2.30. The fraction of sp³-hybridized carbons (Fsp3) is 0.364. The zero-order valence-electron chi connectivity index (χ0n) is 24.6. The molecule has 3 amide bonds. The molecule has 0 radical (unpaired) electrons. The Hall–Kier alpha value is -4.13. The number of rotatable bonds is 9. The summed E-state index contributed by atoms with van der Waals surface area (Å²) in [5.41, 5.74) is 5.19. The summed E-state index contributed by atoms with van der Waals surface area (Å²) in [6.45, 7) is 13.3. The first-order chi connectivity index (χ1) is 18.8. The van der Waals surface area contributed by atoms with E-state index < -0.39 is 29.7 Å². The monoisotopic (exact) mass is 543 g/mol. The van der Waals surface area contributed by atoms with Crippen LogP contribution >= 0.6 is 0 Å². The zero-order valence-corrected chi connectivity index (χ0v) is 24.6. The summed E-state index contributed by atoms with van der Waals surface area (Å²) < 4.78 is 5.29. The van der Waals surface area contributed by atoms with Gasteiger partial charge in [0.15, 0.2) is 0 Å². The first kappa shape index (κ1) is 30.4. The summed E-state index contributed by atoms with van der Waals surface area (Å²) in [4.78, 5) is 41.5. The van der Waals surface area contributed by atoms with Crippen molar-refractivity contribution >= 4 is 23.6 Å². The number of hydrogen-bond donors (Lipinski definition) is 2. The van der Waals surface area contributed by atoms with Crippen LogP contribution in [0.1, 0.15) is 61.6 Å². The number of carbonyl (C=O) groups excluding carboxylic acids is 3. The largest absolute Gasteiger partial charge is 0.444 e. The summed E-state index contributed by atoms with van der Waals surface area (Å²) in [5, 5.41) is 5.44. The van der Waals surface area contributed by atoms with Gasteiger partial charge in [-0.1, -0.05) is 66.2 Å². The number of nitrogens with zero attached hydrogens (tertiary/aromatic N) is 1. The molecule has 0 spiro atoms. The Labute approximate surface area is 237 Å². The lowest BCUT2D eigenvalue weighted by molar-refractivity contribution is -0.128. The predicted molar refractivity (Wildman–Crippen MR) is 159 cm³/mol.